The van der Waals surface area contributed by atoms with Crippen LogP contribution < -0.4 is 4.74 Å². The van der Waals surface area contributed by atoms with Gasteiger partial charge in [0.2, 0.25) is 0 Å². The lowest BCUT2D eigenvalue weighted by molar-refractivity contribution is 0.129. The average Bonchev–Trinajstić information content (AvgIpc) is 2.11. The van der Waals surface area contributed by atoms with Crippen molar-refractivity contribution in [1.29, 1.82) is 0 Å². The molecule has 3 heteroatoms. The van der Waals surface area contributed by atoms with Crippen LogP contribution >= 0.6 is 15.9 Å². The molecule has 0 bridgehead atoms. The number of hydrogen-bond acceptors (Lipinski definition) is 2. The number of rotatable bonds is 3. The van der Waals surface area contributed by atoms with Crippen molar-refractivity contribution < 1.29 is 9.84 Å². The fourth-order valence-electron chi connectivity index (χ4n) is 0.960. The first-order chi connectivity index (χ1) is 6.13. The van der Waals surface area contributed by atoms with Gasteiger partial charge in [-0.2, -0.15) is 0 Å². The number of aliphatic hydroxyl groups is 1. The Balaban J connectivity index is 2.73. The molecule has 0 heterocycles. The molecule has 1 rings (SSSR count). The first-order valence-electron chi connectivity index (χ1n) is 4.17. The van der Waals surface area contributed by atoms with Crippen molar-refractivity contribution in [2.24, 2.45) is 0 Å². The lowest BCUT2D eigenvalue weighted by Crippen LogP contribution is -2.16. The SMILES string of the molecule is Cc1cc(OC(C)CO)ccc1Br. The third kappa shape index (κ3) is 3.01. The normalized spacial score (nSPS) is 12.6. The van der Waals surface area contributed by atoms with Crippen molar-refractivity contribution in [3.63, 3.8) is 0 Å². The van der Waals surface area contributed by atoms with Gasteiger partial charge in [-0.15, -0.1) is 0 Å². The highest BCUT2D eigenvalue weighted by molar-refractivity contribution is 9.10. The first kappa shape index (κ1) is 10.5. The molecule has 1 unspecified atom stereocenters. The Kier molecular flexibility index (Phi) is 3.75. The Morgan fingerprint density at radius 2 is 2.23 bits per heavy atom. The molecule has 0 spiro atoms. The van der Waals surface area contributed by atoms with Gasteiger partial charge in [0.05, 0.1) is 6.61 Å². The van der Waals surface area contributed by atoms with E-state index in [1.165, 1.54) is 0 Å². The minimum atomic E-state index is -0.152. The topological polar surface area (TPSA) is 29.5 Å². The van der Waals surface area contributed by atoms with Crippen molar-refractivity contribution in [3.8, 4) is 5.75 Å². The van der Waals surface area contributed by atoms with E-state index in [9.17, 15) is 0 Å². The summed E-state index contributed by atoms with van der Waals surface area (Å²) in [5.74, 6) is 0.794. The van der Waals surface area contributed by atoms with E-state index < -0.39 is 0 Å². The smallest absolute Gasteiger partial charge is 0.120 e. The molecular formula is C10H13BrO2. The molecule has 1 N–H and O–H groups in total. The number of benzene rings is 1. The summed E-state index contributed by atoms with van der Waals surface area (Å²) in [5.41, 5.74) is 1.13. The monoisotopic (exact) mass is 244 g/mol. The molecular weight excluding hydrogens is 232 g/mol. The van der Waals surface area contributed by atoms with Gasteiger partial charge in [-0.3, -0.25) is 0 Å². The third-order valence-corrected chi connectivity index (χ3v) is 2.61. The first-order valence-corrected chi connectivity index (χ1v) is 4.96. The van der Waals surface area contributed by atoms with Gasteiger partial charge in [0.1, 0.15) is 11.9 Å². The molecule has 1 atom stereocenters. The highest BCUT2D eigenvalue weighted by Gasteiger charge is 2.02. The van der Waals surface area contributed by atoms with Crippen LogP contribution in [0.1, 0.15) is 12.5 Å². The van der Waals surface area contributed by atoms with Gasteiger partial charge >= 0.3 is 0 Å². The van der Waals surface area contributed by atoms with Crippen molar-refractivity contribution in [2.45, 2.75) is 20.0 Å². The zero-order valence-electron chi connectivity index (χ0n) is 7.75. The average molecular weight is 245 g/mol. The minimum Gasteiger partial charge on any atom is -0.488 e. The minimum absolute atomic E-state index is 0.0368. The fraction of sp³-hybridized carbons (Fsp3) is 0.400. The van der Waals surface area contributed by atoms with Crippen LogP contribution in [0.2, 0.25) is 0 Å². The molecule has 0 aliphatic carbocycles. The van der Waals surface area contributed by atoms with E-state index in [4.69, 9.17) is 9.84 Å². The summed E-state index contributed by atoms with van der Waals surface area (Å²) in [4.78, 5) is 0. The highest BCUT2D eigenvalue weighted by atomic mass is 79.9. The molecule has 72 valence electrons. The number of halogens is 1. The maximum absolute atomic E-state index is 8.79. The molecule has 1 aromatic rings. The van der Waals surface area contributed by atoms with E-state index in [-0.39, 0.29) is 12.7 Å². The number of aliphatic hydroxyl groups excluding tert-OH is 1. The molecule has 13 heavy (non-hydrogen) atoms. The van der Waals surface area contributed by atoms with Crippen molar-refractivity contribution in [1.82, 2.24) is 0 Å². The van der Waals surface area contributed by atoms with Crippen LogP contribution in [0.3, 0.4) is 0 Å². The van der Waals surface area contributed by atoms with Crippen LogP contribution in [0, 0.1) is 6.92 Å². The fourth-order valence-corrected chi connectivity index (χ4v) is 1.21. The maximum Gasteiger partial charge on any atom is 0.120 e. The summed E-state index contributed by atoms with van der Waals surface area (Å²) in [6.45, 7) is 3.87. The largest absolute Gasteiger partial charge is 0.488 e. The van der Waals surface area contributed by atoms with Crippen molar-refractivity contribution >= 4 is 15.9 Å². The maximum atomic E-state index is 8.79. The number of hydrogen-bond donors (Lipinski definition) is 1. The summed E-state index contributed by atoms with van der Waals surface area (Å²) in [6, 6.07) is 5.76. The molecule has 0 saturated carbocycles. The second-order valence-electron chi connectivity index (χ2n) is 3.02. The van der Waals surface area contributed by atoms with E-state index >= 15 is 0 Å². The van der Waals surface area contributed by atoms with Crippen LogP contribution in [0.25, 0.3) is 0 Å². The molecule has 0 saturated heterocycles. The van der Waals surface area contributed by atoms with E-state index in [1.807, 2.05) is 32.0 Å². The van der Waals surface area contributed by atoms with Crippen LogP contribution in [0.15, 0.2) is 22.7 Å². The van der Waals surface area contributed by atoms with Crippen LogP contribution in [0.5, 0.6) is 5.75 Å². The van der Waals surface area contributed by atoms with Gasteiger partial charge in [0, 0.05) is 4.47 Å². The van der Waals surface area contributed by atoms with Crippen molar-refractivity contribution in [3.05, 3.63) is 28.2 Å². The molecule has 1 aromatic carbocycles. The predicted octanol–water partition coefficient (Wildman–Crippen LogP) is 2.52. The van der Waals surface area contributed by atoms with Crippen LogP contribution in [0.4, 0.5) is 0 Å². The molecule has 0 amide bonds. The molecule has 2 nitrogen and oxygen atoms in total. The summed E-state index contributed by atoms with van der Waals surface area (Å²) >= 11 is 3.41. The van der Waals surface area contributed by atoms with Crippen molar-refractivity contribution in [2.75, 3.05) is 6.61 Å². The Morgan fingerprint density at radius 3 is 2.77 bits per heavy atom. The van der Waals surface area contributed by atoms with Gasteiger partial charge in [0.15, 0.2) is 0 Å². The van der Waals surface area contributed by atoms with Gasteiger partial charge in [-0.1, -0.05) is 15.9 Å². The summed E-state index contributed by atoms with van der Waals surface area (Å²) < 4.78 is 6.49. The molecule has 0 radical (unpaired) electrons. The van der Waals surface area contributed by atoms with E-state index in [0.29, 0.717) is 0 Å². The van der Waals surface area contributed by atoms with Crippen LogP contribution in [-0.4, -0.2) is 17.8 Å². The van der Waals surface area contributed by atoms with Gasteiger partial charge < -0.3 is 9.84 Å². The standard InChI is InChI=1S/C10H13BrO2/c1-7-5-9(3-4-10(7)11)13-8(2)6-12/h3-5,8,12H,6H2,1-2H3. The van der Waals surface area contributed by atoms with Gasteiger partial charge in [0.25, 0.3) is 0 Å². The lowest BCUT2D eigenvalue weighted by Gasteiger charge is -2.12. The quantitative estimate of drug-likeness (QED) is 0.886. The molecule has 0 aromatic heterocycles. The second kappa shape index (κ2) is 4.63. The predicted molar refractivity (Wildman–Crippen MR) is 56.1 cm³/mol. The Labute approximate surface area is 86.7 Å². The molecule has 0 aliphatic rings. The number of ether oxygens (including phenoxy) is 1. The summed E-state index contributed by atoms with van der Waals surface area (Å²) in [7, 11) is 0. The third-order valence-electron chi connectivity index (χ3n) is 1.72. The van der Waals surface area contributed by atoms with E-state index in [0.717, 1.165) is 15.8 Å². The molecule has 0 aliphatic heterocycles. The van der Waals surface area contributed by atoms with Crippen LogP contribution in [-0.2, 0) is 0 Å². The molecule has 0 fully saturated rings. The Bertz CT molecular complexity index is 286. The number of aryl methyl sites for hydroxylation is 1. The highest BCUT2D eigenvalue weighted by Crippen LogP contribution is 2.22. The van der Waals surface area contributed by atoms with E-state index in [1.54, 1.807) is 0 Å². The lowest BCUT2D eigenvalue weighted by atomic mass is 10.2. The second-order valence-corrected chi connectivity index (χ2v) is 3.88. The van der Waals surface area contributed by atoms with Gasteiger partial charge in [-0.25, -0.2) is 0 Å². The Morgan fingerprint density at radius 1 is 1.54 bits per heavy atom. The zero-order valence-corrected chi connectivity index (χ0v) is 9.34. The van der Waals surface area contributed by atoms with E-state index in [2.05, 4.69) is 15.9 Å². The zero-order chi connectivity index (χ0) is 9.84. The summed E-state index contributed by atoms with van der Waals surface area (Å²) in [6.07, 6.45) is -0.152. The van der Waals surface area contributed by atoms with Gasteiger partial charge in [-0.05, 0) is 37.6 Å². The Hall–Kier alpha value is -0.540. The summed E-state index contributed by atoms with van der Waals surface area (Å²) in [5, 5.41) is 8.79.